The Morgan fingerprint density at radius 1 is 0.781 bits per heavy atom. The summed E-state index contributed by atoms with van der Waals surface area (Å²) in [4.78, 5) is 26.1. The number of hydrogen-bond donors (Lipinski definition) is 0. The fourth-order valence-electron chi connectivity index (χ4n) is 4.51. The van der Waals surface area contributed by atoms with Gasteiger partial charge in [-0.15, -0.1) is 0 Å². The van der Waals surface area contributed by atoms with Gasteiger partial charge in [-0.3, -0.25) is 9.59 Å². The first-order chi connectivity index (χ1) is 15.6. The standard InChI is InChI=1S/C27H24NO3P/c1-31-27(30)24-18-17-23(24)26(29)25(19-28)32(20-11-5-2-6-12-20,21-13-7-3-8-14-21)22-15-9-4-10-16-22/h2-16,23-24H,17-18H2,1H3/t23-,24+/m1/s1. The number of ether oxygens (including phenoxy) is 1. The highest BCUT2D eigenvalue weighted by Gasteiger charge is 2.45. The number of benzene rings is 3. The number of esters is 1. The molecule has 0 bridgehead atoms. The lowest BCUT2D eigenvalue weighted by Gasteiger charge is -2.36. The van der Waals surface area contributed by atoms with Gasteiger partial charge in [0, 0.05) is 5.92 Å². The maximum Gasteiger partial charge on any atom is 0.309 e. The van der Waals surface area contributed by atoms with E-state index in [2.05, 4.69) is 6.07 Å². The number of ketones is 1. The lowest BCUT2D eigenvalue weighted by molar-refractivity contribution is -0.153. The summed E-state index contributed by atoms with van der Waals surface area (Å²) in [5.74, 6) is -1.62. The van der Waals surface area contributed by atoms with Gasteiger partial charge >= 0.3 is 5.97 Å². The molecule has 160 valence electrons. The molecule has 4 rings (SSSR count). The summed E-state index contributed by atoms with van der Waals surface area (Å²) in [6, 6.07) is 31.7. The summed E-state index contributed by atoms with van der Waals surface area (Å²) >= 11 is 0. The van der Waals surface area contributed by atoms with E-state index in [1.54, 1.807) is 0 Å². The summed E-state index contributed by atoms with van der Waals surface area (Å²) in [5, 5.41) is 13.5. The molecule has 0 aromatic heterocycles. The summed E-state index contributed by atoms with van der Waals surface area (Å²) in [5.41, 5.74) is 0. The van der Waals surface area contributed by atoms with Crippen LogP contribution in [-0.4, -0.2) is 24.2 Å². The van der Waals surface area contributed by atoms with Gasteiger partial charge in [0.2, 0.25) is 0 Å². The molecule has 32 heavy (non-hydrogen) atoms. The first kappa shape index (κ1) is 21.8. The Kier molecular flexibility index (Phi) is 6.40. The number of Topliss-reactive ketones (excluding diaryl/α,β-unsaturated/α-hetero) is 1. The fourth-order valence-corrected chi connectivity index (χ4v) is 8.68. The SMILES string of the molecule is COC(=O)[C@H]1CC[C@H]1C(=O)C(C#N)=P(c1ccccc1)(c1ccccc1)c1ccccc1. The molecule has 5 heteroatoms. The molecule has 0 amide bonds. The van der Waals surface area contributed by atoms with Crippen LogP contribution in [0, 0.1) is 23.2 Å². The minimum Gasteiger partial charge on any atom is -0.469 e. The molecule has 3 aromatic carbocycles. The molecule has 3 aromatic rings. The zero-order chi connectivity index (χ0) is 22.6. The molecule has 0 heterocycles. The van der Waals surface area contributed by atoms with E-state index < -0.39 is 18.7 Å². The maximum atomic E-state index is 13.9. The van der Waals surface area contributed by atoms with E-state index in [1.165, 1.54) is 7.11 Å². The first-order valence-electron chi connectivity index (χ1n) is 10.6. The van der Waals surface area contributed by atoms with Crippen molar-refractivity contribution >= 4 is 39.8 Å². The number of methoxy groups -OCH3 is 1. The van der Waals surface area contributed by atoms with E-state index in [-0.39, 0.29) is 17.0 Å². The predicted octanol–water partition coefficient (Wildman–Crippen LogP) is 3.44. The van der Waals surface area contributed by atoms with E-state index in [9.17, 15) is 14.9 Å². The molecular weight excluding hydrogens is 417 g/mol. The third-order valence-electron chi connectivity index (χ3n) is 6.22. The van der Waals surface area contributed by atoms with Gasteiger partial charge in [0.25, 0.3) is 0 Å². The lowest BCUT2D eigenvalue weighted by Crippen LogP contribution is -2.43. The van der Waals surface area contributed by atoms with Crippen LogP contribution in [0.2, 0.25) is 0 Å². The molecule has 1 saturated carbocycles. The molecule has 0 spiro atoms. The molecule has 0 radical (unpaired) electrons. The molecule has 1 aliphatic rings. The van der Waals surface area contributed by atoms with Crippen molar-refractivity contribution in [1.82, 2.24) is 0 Å². The Morgan fingerprint density at radius 2 is 1.19 bits per heavy atom. The van der Waals surface area contributed by atoms with E-state index >= 15 is 0 Å². The van der Waals surface area contributed by atoms with Crippen LogP contribution in [0.5, 0.6) is 0 Å². The van der Waals surface area contributed by atoms with E-state index in [0.29, 0.717) is 12.8 Å². The Bertz CT molecular complexity index is 1110. The highest BCUT2D eigenvalue weighted by atomic mass is 31.2. The smallest absolute Gasteiger partial charge is 0.309 e. The number of carbonyl (C=O) groups is 2. The van der Waals surface area contributed by atoms with Gasteiger partial charge in [-0.2, -0.15) is 5.26 Å². The van der Waals surface area contributed by atoms with E-state index in [1.807, 2.05) is 91.0 Å². The van der Waals surface area contributed by atoms with Gasteiger partial charge in [-0.25, -0.2) is 0 Å². The van der Waals surface area contributed by atoms with Gasteiger partial charge in [0.05, 0.1) is 13.0 Å². The molecule has 0 aliphatic heterocycles. The van der Waals surface area contributed by atoms with Crippen molar-refractivity contribution < 1.29 is 14.3 Å². The molecule has 2 atom stereocenters. The highest BCUT2D eigenvalue weighted by molar-refractivity contribution is 7.96. The quantitative estimate of drug-likeness (QED) is 0.434. The largest absolute Gasteiger partial charge is 0.469 e. The van der Waals surface area contributed by atoms with Crippen molar-refractivity contribution in [2.75, 3.05) is 7.11 Å². The van der Waals surface area contributed by atoms with E-state index in [0.717, 1.165) is 15.9 Å². The zero-order valence-electron chi connectivity index (χ0n) is 17.8. The van der Waals surface area contributed by atoms with Crippen molar-refractivity contribution in [3.8, 4) is 6.07 Å². The van der Waals surface area contributed by atoms with Crippen molar-refractivity contribution in [3.05, 3.63) is 91.0 Å². The third kappa shape index (κ3) is 3.60. The second-order valence-electron chi connectivity index (χ2n) is 7.82. The van der Waals surface area contributed by atoms with Crippen LogP contribution >= 0.6 is 6.89 Å². The van der Waals surface area contributed by atoms with Crippen LogP contribution in [0.3, 0.4) is 0 Å². The Hall–Kier alpha value is -3.41. The minimum atomic E-state index is -2.76. The van der Waals surface area contributed by atoms with Crippen molar-refractivity contribution in [3.63, 3.8) is 0 Å². The Balaban J connectivity index is 2.09. The number of rotatable bonds is 6. The second-order valence-corrected chi connectivity index (χ2v) is 11.2. The average Bonchev–Trinajstić information content (AvgIpc) is 2.83. The van der Waals surface area contributed by atoms with Crippen LogP contribution in [-0.2, 0) is 14.3 Å². The summed E-state index contributed by atoms with van der Waals surface area (Å²) < 4.78 is 4.91. The Morgan fingerprint density at radius 3 is 1.50 bits per heavy atom. The van der Waals surface area contributed by atoms with Gasteiger partial charge in [-0.1, -0.05) is 91.0 Å². The van der Waals surface area contributed by atoms with Gasteiger partial charge < -0.3 is 4.74 Å². The van der Waals surface area contributed by atoms with Crippen LogP contribution < -0.4 is 15.9 Å². The monoisotopic (exact) mass is 441 g/mol. The van der Waals surface area contributed by atoms with Gasteiger partial charge in [0.1, 0.15) is 11.4 Å². The van der Waals surface area contributed by atoms with Crippen LogP contribution in [0.25, 0.3) is 0 Å². The number of nitrogens with zero attached hydrogens (tertiary/aromatic N) is 1. The lowest BCUT2D eigenvalue weighted by atomic mass is 9.71. The molecular formula is C27H24NO3P. The normalized spacial score (nSPS) is 17.5. The summed E-state index contributed by atoms with van der Waals surface area (Å²) in [6.07, 6.45) is 1.19. The zero-order valence-corrected chi connectivity index (χ0v) is 18.7. The number of nitriles is 1. The minimum absolute atomic E-state index is 0.236. The van der Waals surface area contributed by atoms with Gasteiger partial charge in [0.15, 0.2) is 5.78 Å². The Labute approximate surface area is 188 Å². The third-order valence-corrected chi connectivity index (χ3v) is 10.4. The molecule has 4 nitrogen and oxygen atoms in total. The molecule has 1 aliphatic carbocycles. The summed E-state index contributed by atoms with van der Waals surface area (Å²) in [6.45, 7) is -2.76. The number of hydrogen-bond acceptors (Lipinski definition) is 4. The molecule has 1 fully saturated rings. The average molecular weight is 441 g/mol. The number of carbonyl (C=O) groups excluding carboxylic acids is 2. The summed E-state index contributed by atoms with van der Waals surface area (Å²) in [7, 11) is 1.34. The predicted molar refractivity (Wildman–Crippen MR) is 129 cm³/mol. The topological polar surface area (TPSA) is 67.2 Å². The first-order valence-corrected chi connectivity index (χ1v) is 12.4. The second kappa shape index (κ2) is 9.39. The van der Waals surface area contributed by atoms with Crippen molar-refractivity contribution in [2.24, 2.45) is 11.8 Å². The molecule has 0 saturated heterocycles. The van der Waals surface area contributed by atoms with Crippen LogP contribution in [0.4, 0.5) is 0 Å². The fraction of sp³-hybridized carbons (Fsp3) is 0.185. The molecule has 0 N–H and O–H groups in total. The van der Waals surface area contributed by atoms with Crippen LogP contribution in [0.1, 0.15) is 12.8 Å². The van der Waals surface area contributed by atoms with E-state index in [4.69, 9.17) is 4.74 Å². The van der Waals surface area contributed by atoms with Crippen LogP contribution in [0.15, 0.2) is 91.0 Å². The van der Waals surface area contributed by atoms with Crippen molar-refractivity contribution in [2.45, 2.75) is 12.8 Å². The van der Waals surface area contributed by atoms with Gasteiger partial charge in [-0.05, 0) is 35.6 Å². The highest BCUT2D eigenvalue weighted by Crippen LogP contribution is 2.48. The maximum absolute atomic E-state index is 13.9. The molecule has 0 unspecified atom stereocenters. The van der Waals surface area contributed by atoms with Crippen molar-refractivity contribution in [1.29, 1.82) is 5.26 Å².